The van der Waals surface area contributed by atoms with Crippen LogP contribution < -0.4 is 0 Å². The fourth-order valence-corrected chi connectivity index (χ4v) is 10.6. The van der Waals surface area contributed by atoms with Crippen LogP contribution in [0.15, 0.2) is 231 Å². The van der Waals surface area contributed by atoms with E-state index in [2.05, 4.69) is 251 Å². The van der Waals surface area contributed by atoms with Crippen molar-refractivity contribution in [2.45, 2.75) is 6.92 Å². The van der Waals surface area contributed by atoms with E-state index in [4.69, 9.17) is 0 Å². The van der Waals surface area contributed by atoms with Crippen molar-refractivity contribution in [3.63, 3.8) is 0 Å². The van der Waals surface area contributed by atoms with Gasteiger partial charge < -0.3 is 13.7 Å². The van der Waals surface area contributed by atoms with Gasteiger partial charge in [0.2, 0.25) is 0 Å². The highest BCUT2D eigenvalue weighted by Gasteiger charge is 2.21. The number of hydrogen-bond acceptors (Lipinski definition) is 0. The van der Waals surface area contributed by atoms with Crippen LogP contribution in [0.3, 0.4) is 0 Å². The Morgan fingerprint density at radius 1 is 0.266 bits per heavy atom. The van der Waals surface area contributed by atoms with Crippen LogP contribution in [-0.4, -0.2) is 13.7 Å². The highest BCUT2D eigenvalue weighted by Crippen LogP contribution is 2.43. The van der Waals surface area contributed by atoms with Crippen molar-refractivity contribution in [3.05, 3.63) is 236 Å². The molecule has 0 radical (unpaired) electrons. The second-order valence-corrected chi connectivity index (χ2v) is 16.9. The van der Waals surface area contributed by atoms with Gasteiger partial charge in [-0.15, -0.1) is 0 Å². The lowest BCUT2D eigenvalue weighted by molar-refractivity contribution is 1.16. The Morgan fingerprint density at radius 2 is 0.734 bits per heavy atom. The first-order chi connectivity index (χ1) is 31.7. The molecule has 0 amide bonds. The van der Waals surface area contributed by atoms with Crippen molar-refractivity contribution in [3.8, 4) is 50.4 Å². The van der Waals surface area contributed by atoms with Crippen LogP contribution in [0.1, 0.15) is 5.56 Å². The molecule has 3 heteroatoms. The Bertz CT molecular complexity index is 3900. The third-order valence-corrected chi connectivity index (χ3v) is 13.4. The van der Waals surface area contributed by atoms with Gasteiger partial charge in [-0.1, -0.05) is 158 Å². The Kier molecular flexibility index (Phi) is 8.13. The lowest BCUT2D eigenvalue weighted by atomic mass is 9.91. The molecule has 0 saturated carbocycles. The number of fused-ring (bicyclic) bond motifs is 9. The molecule has 0 atom stereocenters. The average Bonchev–Trinajstić information content (AvgIpc) is 4.00. The van der Waals surface area contributed by atoms with E-state index < -0.39 is 0 Å². The van der Waals surface area contributed by atoms with Gasteiger partial charge in [0.1, 0.15) is 0 Å². The lowest BCUT2D eigenvalue weighted by Gasteiger charge is -2.17. The van der Waals surface area contributed by atoms with Gasteiger partial charge in [0.15, 0.2) is 0 Å². The van der Waals surface area contributed by atoms with E-state index in [1.54, 1.807) is 0 Å². The van der Waals surface area contributed by atoms with Gasteiger partial charge in [-0.3, -0.25) is 0 Å². The van der Waals surface area contributed by atoms with E-state index in [0.717, 1.165) is 11.4 Å². The molecule has 13 rings (SSSR count). The predicted octanol–water partition coefficient (Wildman–Crippen LogP) is 16.3. The smallest absolute Gasteiger partial charge is 0.0562 e. The van der Waals surface area contributed by atoms with Crippen molar-refractivity contribution in [2.24, 2.45) is 0 Å². The second-order valence-electron chi connectivity index (χ2n) is 16.9. The van der Waals surface area contributed by atoms with Gasteiger partial charge in [-0.2, -0.15) is 0 Å². The summed E-state index contributed by atoms with van der Waals surface area (Å²) in [4.78, 5) is 0. The Morgan fingerprint density at radius 3 is 1.41 bits per heavy atom. The van der Waals surface area contributed by atoms with Crippen molar-refractivity contribution >= 4 is 65.4 Å². The van der Waals surface area contributed by atoms with Gasteiger partial charge in [0.05, 0.1) is 38.8 Å². The average molecular weight is 816 g/mol. The van der Waals surface area contributed by atoms with Crippen LogP contribution in [0.2, 0.25) is 0 Å². The first kappa shape index (κ1) is 36.3. The Balaban J connectivity index is 1.04. The van der Waals surface area contributed by atoms with E-state index in [1.165, 1.54) is 110 Å². The Hall–Kier alpha value is -8.40. The number of rotatable bonds is 6. The van der Waals surface area contributed by atoms with Crippen LogP contribution >= 0.6 is 0 Å². The first-order valence-electron chi connectivity index (χ1n) is 22.1. The minimum atomic E-state index is 1.13. The van der Waals surface area contributed by atoms with E-state index >= 15 is 0 Å². The van der Waals surface area contributed by atoms with Crippen molar-refractivity contribution in [1.82, 2.24) is 13.7 Å². The molecular formula is C61H41N3. The number of hydrogen-bond donors (Lipinski definition) is 0. The normalized spacial score (nSPS) is 11.8. The van der Waals surface area contributed by atoms with Gasteiger partial charge in [0.25, 0.3) is 0 Å². The zero-order chi connectivity index (χ0) is 42.3. The predicted molar refractivity (Wildman–Crippen MR) is 271 cm³/mol. The van der Waals surface area contributed by atoms with E-state index in [1.807, 2.05) is 0 Å². The topological polar surface area (TPSA) is 14.8 Å². The van der Waals surface area contributed by atoms with Crippen LogP contribution in [-0.2, 0) is 0 Å². The maximum atomic E-state index is 2.47. The monoisotopic (exact) mass is 815 g/mol. The highest BCUT2D eigenvalue weighted by atomic mass is 15.0. The number of para-hydroxylation sites is 4. The molecular weight excluding hydrogens is 775 g/mol. The molecule has 300 valence electrons. The molecule has 3 heterocycles. The molecule has 0 fully saturated rings. The SMILES string of the molecule is Cc1c(-c2ccccc2)cccc1-c1cc(-c2ccccc2)cc(-n2c3ccccc3c3cc(-n4c5ccccc5c5c(-n6c7ccccc7c7ccccc76)cccc54)ccc32)c1. The maximum Gasteiger partial charge on any atom is 0.0562 e. The minimum Gasteiger partial charge on any atom is -0.309 e. The van der Waals surface area contributed by atoms with Crippen LogP contribution in [0.25, 0.3) is 116 Å². The first-order valence-corrected chi connectivity index (χ1v) is 22.1. The molecule has 0 unspecified atom stereocenters. The fourth-order valence-electron chi connectivity index (χ4n) is 10.6. The van der Waals surface area contributed by atoms with Crippen molar-refractivity contribution in [2.75, 3.05) is 0 Å². The van der Waals surface area contributed by atoms with Crippen molar-refractivity contribution < 1.29 is 0 Å². The van der Waals surface area contributed by atoms with Crippen LogP contribution in [0.4, 0.5) is 0 Å². The third-order valence-electron chi connectivity index (χ3n) is 13.4. The number of benzene rings is 10. The molecule has 13 aromatic rings. The third kappa shape index (κ3) is 5.47. The summed E-state index contributed by atoms with van der Waals surface area (Å²) in [7, 11) is 0. The van der Waals surface area contributed by atoms with E-state index in [-0.39, 0.29) is 0 Å². The molecule has 10 aromatic carbocycles. The summed E-state index contributed by atoms with van der Waals surface area (Å²) in [6.07, 6.45) is 0. The largest absolute Gasteiger partial charge is 0.309 e. The molecule has 0 saturated heterocycles. The summed E-state index contributed by atoms with van der Waals surface area (Å²) in [6, 6.07) is 84.5. The second kappa shape index (κ2) is 14.3. The summed E-state index contributed by atoms with van der Waals surface area (Å²) >= 11 is 0. The number of nitrogens with zero attached hydrogens (tertiary/aromatic N) is 3. The van der Waals surface area contributed by atoms with Crippen molar-refractivity contribution in [1.29, 1.82) is 0 Å². The van der Waals surface area contributed by atoms with Crippen LogP contribution in [0, 0.1) is 6.92 Å². The van der Waals surface area contributed by atoms with E-state index in [9.17, 15) is 0 Å². The molecule has 64 heavy (non-hydrogen) atoms. The zero-order valence-corrected chi connectivity index (χ0v) is 35.3. The summed E-state index contributed by atoms with van der Waals surface area (Å²) < 4.78 is 7.38. The summed E-state index contributed by atoms with van der Waals surface area (Å²) in [5.74, 6) is 0. The molecule has 0 aliphatic heterocycles. The van der Waals surface area contributed by atoms with E-state index in [0.29, 0.717) is 0 Å². The molecule has 0 aliphatic rings. The zero-order valence-electron chi connectivity index (χ0n) is 35.3. The van der Waals surface area contributed by atoms with Crippen LogP contribution in [0.5, 0.6) is 0 Å². The molecule has 0 N–H and O–H groups in total. The van der Waals surface area contributed by atoms with Gasteiger partial charge in [-0.05, 0) is 119 Å². The molecule has 3 aromatic heterocycles. The molecule has 0 spiro atoms. The Labute approximate surface area is 370 Å². The summed E-state index contributed by atoms with van der Waals surface area (Å²) in [5.41, 5.74) is 19.1. The highest BCUT2D eigenvalue weighted by molar-refractivity contribution is 6.17. The molecule has 3 nitrogen and oxygen atoms in total. The minimum absolute atomic E-state index is 1.13. The lowest BCUT2D eigenvalue weighted by Crippen LogP contribution is -1.98. The quantitative estimate of drug-likeness (QED) is 0.159. The summed E-state index contributed by atoms with van der Waals surface area (Å²) in [6.45, 7) is 2.26. The standard InChI is InChI=1S/C61H41N3/c1-40-47(42-20-6-3-7-21-42)26-16-27-48(40)44-36-43(41-18-4-2-5-19-41)37-46(38-44)63-54-28-12-10-24-51(54)53-39-45(34-35-58(53)63)62-57-31-15-11-25-52(57)61-59(62)32-17-33-60(61)64-55-29-13-8-22-49(55)50-23-9-14-30-56(50)64/h2-39H,1H3. The molecule has 0 aliphatic carbocycles. The summed E-state index contributed by atoms with van der Waals surface area (Å²) in [5, 5.41) is 7.43. The van der Waals surface area contributed by atoms with Gasteiger partial charge in [0, 0.05) is 43.7 Å². The van der Waals surface area contributed by atoms with Gasteiger partial charge in [-0.25, -0.2) is 0 Å². The fraction of sp³-hybridized carbons (Fsp3) is 0.0164. The molecule has 0 bridgehead atoms. The number of aromatic nitrogens is 3. The van der Waals surface area contributed by atoms with Gasteiger partial charge >= 0.3 is 0 Å². The maximum absolute atomic E-state index is 2.47.